The summed E-state index contributed by atoms with van der Waals surface area (Å²) in [5.74, 6) is 1.66. The molecule has 1 N–H and O–H groups in total. The van der Waals surface area contributed by atoms with E-state index in [1.54, 1.807) is 36.4 Å². The Balaban J connectivity index is 1.54. The fraction of sp³-hybridized carbons (Fsp3) is 0.100. The SMILES string of the molecule is COc1cc(Br)ccc1OCC(=O)NN=Cc1ccc(-c2ccccc2Cl)o1. The van der Waals surface area contributed by atoms with Crippen molar-refractivity contribution < 1.29 is 18.7 Å². The van der Waals surface area contributed by atoms with Crippen LogP contribution in [0.5, 0.6) is 11.5 Å². The first-order valence-electron chi connectivity index (χ1n) is 8.20. The van der Waals surface area contributed by atoms with Gasteiger partial charge in [-0.05, 0) is 42.5 Å². The van der Waals surface area contributed by atoms with Crippen LogP contribution in [-0.4, -0.2) is 25.8 Å². The zero-order valence-electron chi connectivity index (χ0n) is 14.8. The number of benzene rings is 2. The van der Waals surface area contributed by atoms with E-state index in [0.717, 1.165) is 10.0 Å². The number of hydrazone groups is 1. The summed E-state index contributed by atoms with van der Waals surface area (Å²) in [5, 5.41) is 4.46. The summed E-state index contributed by atoms with van der Waals surface area (Å²) in [7, 11) is 1.53. The minimum Gasteiger partial charge on any atom is -0.493 e. The molecule has 0 spiro atoms. The van der Waals surface area contributed by atoms with Gasteiger partial charge >= 0.3 is 0 Å². The average molecular weight is 464 g/mol. The van der Waals surface area contributed by atoms with Crippen molar-refractivity contribution in [2.24, 2.45) is 5.10 Å². The van der Waals surface area contributed by atoms with Crippen LogP contribution >= 0.6 is 27.5 Å². The fourth-order valence-corrected chi connectivity index (χ4v) is 2.90. The third-order valence-corrected chi connectivity index (χ3v) is 4.45. The molecule has 1 heterocycles. The molecule has 0 aliphatic carbocycles. The Morgan fingerprint density at radius 2 is 2.04 bits per heavy atom. The van der Waals surface area contributed by atoms with Gasteiger partial charge in [0.15, 0.2) is 18.1 Å². The largest absolute Gasteiger partial charge is 0.493 e. The number of amides is 1. The Hall–Kier alpha value is -2.77. The Bertz CT molecular complexity index is 1000. The van der Waals surface area contributed by atoms with Crippen LogP contribution in [0.25, 0.3) is 11.3 Å². The summed E-state index contributed by atoms with van der Waals surface area (Å²) in [6.45, 7) is -0.210. The number of carbonyl (C=O) groups excluding carboxylic acids is 1. The minimum absolute atomic E-state index is 0.210. The van der Waals surface area contributed by atoms with E-state index in [1.807, 2.05) is 18.2 Å². The zero-order chi connectivity index (χ0) is 19.9. The van der Waals surface area contributed by atoms with Crippen LogP contribution in [-0.2, 0) is 4.79 Å². The molecule has 0 fully saturated rings. The first-order chi connectivity index (χ1) is 13.6. The van der Waals surface area contributed by atoms with E-state index in [-0.39, 0.29) is 6.61 Å². The molecule has 0 unspecified atom stereocenters. The number of rotatable bonds is 7. The van der Waals surface area contributed by atoms with Crippen LogP contribution in [0.4, 0.5) is 0 Å². The lowest BCUT2D eigenvalue weighted by molar-refractivity contribution is -0.123. The normalized spacial score (nSPS) is 10.8. The average Bonchev–Trinajstić information content (AvgIpc) is 3.16. The molecule has 0 aliphatic rings. The van der Waals surface area contributed by atoms with Crippen LogP contribution < -0.4 is 14.9 Å². The predicted molar refractivity (Wildman–Crippen MR) is 111 cm³/mol. The summed E-state index contributed by atoms with van der Waals surface area (Å²) in [5.41, 5.74) is 3.16. The maximum Gasteiger partial charge on any atom is 0.277 e. The van der Waals surface area contributed by atoms with Gasteiger partial charge in [-0.25, -0.2) is 5.43 Å². The Kier molecular flexibility index (Phi) is 6.73. The molecule has 0 radical (unpaired) electrons. The minimum atomic E-state index is -0.417. The van der Waals surface area contributed by atoms with Gasteiger partial charge in [0.25, 0.3) is 5.91 Å². The second-order valence-electron chi connectivity index (χ2n) is 5.56. The third kappa shape index (κ3) is 5.15. The predicted octanol–water partition coefficient (Wildman–Crippen LogP) is 4.90. The third-order valence-electron chi connectivity index (χ3n) is 3.63. The molecule has 0 saturated carbocycles. The number of methoxy groups -OCH3 is 1. The number of carbonyl (C=O) groups is 1. The topological polar surface area (TPSA) is 73.1 Å². The van der Waals surface area contributed by atoms with Crippen molar-refractivity contribution >= 4 is 39.7 Å². The van der Waals surface area contributed by atoms with E-state index < -0.39 is 5.91 Å². The highest BCUT2D eigenvalue weighted by Gasteiger charge is 2.09. The first kappa shape index (κ1) is 20.0. The van der Waals surface area contributed by atoms with Gasteiger partial charge in [-0.1, -0.05) is 39.7 Å². The van der Waals surface area contributed by atoms with Gasteiger partial charge in [-0.15, -0.1) is 0 Å². The lowest BCUT2D eigenvalue weighted by Gasteiger charge is -2.09. The van der Waals surface area contributed by atoms with Crippen molar-refractivity contribution in [3.8, 4) is 22.8 Å². The second-order valence-corrected chi connectivity index (χ2v) is 6.88. The van der Waals surface area contributed by atoms with Crippen LogP contribution in [0.15, 0.2) is 68.6 Å². The lowest BCUT2D eigenvalue weighted by atomic mass is 10.2. The zero-order valence-corrected chi connectivity index (χ0v) is 17.2. The number of nitrogens with zero attached hydrogens (tertiary/aromatic N) is 1. The molecule has 0 atom stereocenters. The second kappa shape index (κ2) is 9.43. The molecule has 6 nitrogen and oxygen atoms in total. The number of hydrogen-bond acceptors (Lipinski definition) is 5. The standard InChI is InChI=1S/C20H16BrClN2O4/c1-26-19-10-13(21)6-8-18(19)27-12-20(25)24-23-11-14-7-9-17(28-14)15-4-2-3-5-16(15)22/h2-11H,12H2,1H3,(H,24,25). The molecular formula is C20H16BrClN2O4. The molecule has 0 aliphatic heterocycles. The quantitative estimate of drug-likeness (QED) is 0.399. The molecule has 0 saturated heterocycles. The summed E-state index contributed by atoms with van der Waals surface area (Å²) in [6.07, 6.45) is 1.40. The van der Waals surface area contributed by atoms with Crippen molar-refractivity contribution in [1.82, 2.24) is 5.43 Å². The Morgan fingerprint density at radius 1 is 1.21 bits per heavy atom. The molecule has 8 heteroatoms. The van der Waals surface area contributed by atoms with Gasteiger partial charge in [0.1, 0.15) is 11.5 Å². The molecule has 3 aromatic rings. The van der Waals surface area contributed by atoms with Crippen molar-refractivity contribution in [2.45, 2.75) is 0 Å². The number of nitrogens with one attached hydrogen (secondary N) is 1. The van der Waals surface area contributed by atoms with E-state index in [9.17, 15) is 4.79 Å². The van der Waals surface area contributed by atoms with Crippen LogP contribution in [0, 0.1) is 0 Å². The van der Waals surface area contributed by atoms with E-state index in [4.69, 9.17) is 25.5 Å². The van der Waals surface area contributed by atoms with Crippen LogP contribution in [0.3, 0.4) is 0 Å². The highest BCUT2D eigenvalue weighted by atomic mass is 79.9. The number of furan rings is 1. The molecule has 1 aromatic heterocycles. The monoisotopic (exact) mass is 462 g/mol. The molecule has 28 heavy (non-hydrogen) atoms. The molecule has 144 valence electrons. The van der Waals surface area contributed by atoms with Crippen molar-refractivity contribution in [1.29, 1.82) is 0 Å². The summed E-state index contributed by atoms with van der Waals surface area (Å²) in [4.78, 5) is 11.9. The summed E-state index contributed by atoms with van der Waals surface area (Å²) >= 11 is 9.50. The first-order valence-corrected chi connectivity index (χ1v) is 9.37. The van der Waals surface area contributed by atoms with E-state index in [1.165, 1.54) is 13.3 Å². The number of hydrogen-bond donors (Lipinski definition) is 1. The van der Waals surface area contributed by atoms with Gasteiger partial charge in [0, 0.05) is 10.0 Å². The molecule has 1 amide bonds. The van der Waals surface area contributed by atoms with Gasteiger partial charge < -0.3 is 13.9 Å². The van der Waals surface area contributed by atoms with Gasteiger partial charge in [-0.2, -0.15) is 5.10 Å². The highest BCUT2D eigenvalue weighted by Crippen LogP contribution is 2.30. The van der Waals surface area contributed by atoms with E-state index in [0.29, 0.717) is 28.0 Å². The highest BCUT2D eigenvalue weighted by molar-refractivity contribution is 9.10. The maximum absolute atomic E-state index is 11.9. The van der Waals surface area contributed by atoms with E-state index >= 15 is 0 Å². The van der Waals surface area contributed by atoms with E-state index in [2.05, 4.69) is 26.5 Å². The smallest absolute Gasteiger partial charge is 0.277 e. The van der Waals surface area contributed by atoms with Crippen LogP contribution in [0.1, 0.15) is 5.76 Å². The fourth-order valence-electron chi connectivity index (χ4n) is 2.33. The van der Waals surface area contributed by atoms with Crippen molar-refractivity contribution in [3.63, 3.8) is 0 Å². The lowest BCUT2D eigenvalue weighted by Crippen LogP contribution is -2.24. The number of ether oxygens (including phenoxy) is 2. The van der Waals surface area contributed by atoms with Crippen molar-refractivity contribution in [2.75, 3.05) is 13.7 Å². The van der Waals surface area contributed by atoms with Gasteiger partial charge in [0.05, 0.1) is 18.3 Å². The summed E-state index contributed by atoms with van der Waals surface area (Å²) in [6, 6.07) is 16.1. The number of halogens is 2. The molecular weight excluding hydrogens is 448 g/mol. The Morgan fingerprint density at radius 3 is 2.82 bits per heavy atom. The molecule has 2 aromatic carbocycles. The van der Waals surface area contributed by atoms with Crippen molar-refractivity contribution in [3.05, 3.63) is 69.9 Å². The van der Waals surface area contributed by atoms with Gasteiger partial charge in [-0.3, -0.25) is 4.79 Å². The van der Waals surface area contributed by atoms with Crippen LogP contribution in [0.2, 0.25) is 5.02 Å². The molecule has 0 bridgehead atoms. The Labute approximate surface area is 175 Å². The maximum atomic E-state index is 11.9. The van der Waals surface area contributed by atoms with Gasteiger partial charge in [0.2, 0.25) is 0 Å². The summed E-state index contributed by atoms with van der Waals surface area (Å²) < 4.78 is 17.2. The molecule has 3 rings (SSSR count).